The van der Waals surface area contributed by atoms with Crippen LogP contribution in [0.1, 0.15) is 53.5 Å². The standard InChI is InChI=1S/C33H26N/c1-21-9-3-4-10-24(21)31-20-23(17-18-34(31)2)22-15-16-29-30(19-22)33-27-13-7-5-11-25(27)32(29)26-12-6-8-14-28(26)33/h3-20,32-33H,1-2H3/q+1/i32D,33D. The molecule has 0 amide bonds. The zero-order valence-electron chi connectivity index (χ0n) is 21.3. The van der Waals surface area contributed by atoms with E-state index in [2.05, 4.69) is 79.3 Å². The summed E-state index contributed by atoms with van der Waals surface area (Å²) in [5, 5.41) is 0. The van der Waals surface area contributed by atoms with Crippen LogP contribution in [0.25, 0.3) is 22.4 Å². The van der Waals surface area contributed by atoms with Gasteiger partial charge in [0.2, 0.25) is 5.69 Å². The predicted octanol–water partition coefficient (Wildman–Crippen LogP) is 7.14. The van der Waals surface area contributed by atoms with E-state index in [1.54, 1.807) is 0 Å². The Hall–Kier alpha value is -3.97. The number of benzene rings is 4. The summed E-state index contributed by atoms with van der Waals surface area (Å²) >= 11 is 0. The van der Waals surface area contributed by atoms with E-state index >= 15 is 0 Å². The molecule has 0 saturated heterocycles. The van der Waals surface area contributed by atoms with Gasteiger partial charge in [-0.1, -0.05) is 78.9 Å². The van der Waals surface area contributed by atoms with Crippen molar-refractivity contribution < 1.29 is 7.31 Å². The van der Waals surface area contributed by atoms with Crippen LogP contribution >= 0.6 is 0 Å². The lowest BCUT2D eigenvalue weighted by molar-refractivity contribution is -0.660. The molecule has 5 aromatic rings. The highest BCUT2D eigenvalue weighted by Gasteiger charge is 2.40. The third kappa shape index (κ3) is 2.70. The fourth-order valence-corrected chi connectivity index (χ4v) is 5.73. The first-order valence-electron chi connectivity index (χ1n) is 12.8. The summed E-state index contributed by atoms with van der Waals surface area (Å²) in [7, 11) is 2.08. The molecule has 3 aliphatic rings. The van der Waals surface area contributed by atoms with Gasteiger partial charge in [-0.05, 0) is 69.1 Å². The average Bonchev–Trinajstić information content (AvgIpc) is 2.92. The van der Waals surface area contributed by atoms with Crippen molar-refractivity contribution in [2.24, 2.45) is 7.05 Å². The minimum Gasteiger partial charge on any atom is -0.201 e. The van der Waals surface area contributed by atoms with E-state index in [4.69, 9.17) is 0 Å². The summed E-state index contributed by atoms with van der Waals surface area (Å²) in [6.07, 6.45) is 2.11. The van der Waals surface area contributed by atoms with Crippen molar-refractivity contribution in [2.75, 3.05) is 0 Å². The van der Waals surface area contributed by atoms with Crippen LogP contribution in [0, 0.1) is 6.92 Å². The van der Waals surface area contributed by atoms with Crippen LogP contribution in [0.3, 0.4) is 0 Å². The Morgan fingerprint density at radius 3 is 1.76 bits per heavy atom. The quantitative estimate of drug-likeness (QED) is 0.258. The van der Waals surface area contributed by atoms with Crippen molar-refractivity contribution >= 4 is 0 Å². The summed E-state index contributed by atoms with van der Waals surface area (Å²) in [6.45, 7) is 2.14. The molecular weight excluding hydrogens is 410 g/mol. The first kappa shape index (κ1) is 17.5. The Morgan fingerprint density at radius 1 is 0.588 bits per heavy atom. The van der Waals surface area contributed by atoms with Crippen molar-refractivity contribution in [3.05, 3.63) is 148 Å². The first-order chi connectivity index (χ1) is 17.4. The van der Waals surface area contributed by atoms with E-state index in [-0.39, 0.29) is 0 Å². The molecule has 2 bridgehead atoms. The van der Waals surface area contributed by atoms with E-state index in [1.807, 2.05) is 48.5 Å². The van der Waals surface area contributed by atoms with E-state index in [9.17, 15) is 2.74 Å². The molecule has 0 fully saturated rings. The van der Waals surface area contributed by atoms with Crippen molar-refractivity contribution in [1.82, 2.24) is 0 Å². The fourth-order valence-electron chi connectivity index (χ4n) is 5.73. The SMILES string of the molecule is [2H]C12c3ccccc3C([2H])(c3ccccc31)c1cc(-c3cc[n+](C)c(-c4ccccc4C)c3)ccc12. The van der Waals surface area contributed by atoms with Crippen LogP contribution in [0.5, 0.6) is 0 Å². The van der Waals surface area contributed by atoms with E-state index < -0.39 is 11.8 Å². The minimum absolute atomic E-state index is 0.915. The first-order valence-corrected chi connectivity index (χ1v) is 11.8. The summed E-state index contributed by atoms with van der Waals surface area (Å²) in [4.78, 5) is 0. The van der Waals surface area contributed by atoms with Crippen molar-refractivity contribution in [3.63, 3.8) is 0 Å². The van der Waals surface area contributed by atoms with Crippen LogP contribution in [0.2, 0.25) is 0 Å². The van der Waals surface area contributed by atoms with Gasteiger partial charge in [-0.15, -0.1) is 0 Å². The Kier molecular flexibility index (Phi) is 3.74. The number of aryl methyl sites for hydroxylation is 2. The van der Waals surface area contributed by atoms with Crippen molar-refractivity contribution in [1.29, 1.82) is 0 Å². The zero-order valence-corrected chi connectivity index (χ0v) is 19.3. The molecule has 1 aromatic heterocycles. The molecular formula is C33H26N+. The fraction of sp³-hybridized carbons (Fsp3) is 0.121. The Balaban J connectivity index is 1.47. The zero-order chi connectivity index (χ0) is 24.7. The van der Waals surface area contributed by atoms with Gasteiger partial charge in [0.25, 0.3) is 0 Å². The number of hydrogen-bond donors (Lipinski definition) is 0. The third-order valence-electron chi connectivity index (χ3n) is 7.39. The van der Waals surface area contributed by atoms with Gasteiger partial charge >= 0.3 is 0 Å². The van der Waals surface area contributed by atoms with Gasteiger partial charge in [-0.25, -0.2) is 4.57 Å². The van der Waals surface area contributed by atoms with E-state index in [0.717, 1.165) is 50.2 Å². The number of rotatable bonds is 2. The molecule has 0 radical (unpaired) electrons. The highest BCUT2D eigenvalue weighted by molar-refractivity contribution is 5.75. The molecule has 162 valence electrons. The molecule has 4 aromatic carbocycles. The molecule has 0 aliphatic heterocycles. The van der Waals surface area contributed by atoms with Crippen LogP contribution in [-0.4, -0.2) is 0 Å². The van der Waals surface area contributed by atoms with Crippen LogP contribution < -0.4 is 4.57 Å². The van der Waals surface area contributed by atoms with Gasteiger partial charge < -0.3 is 0 Å². The van der Waals surface area contributed by atoms with Gasteiger partial charge in [-0.3, -0.25) is 0 Å². The van der Waals surface area contributed by atoms with E-state index in [0.29, 0.717) is 0 Å². The van der Waals surface area contributed by atoms with Crippen LogP contribution in [0.15, 0.2) is 109 Å². The van der Waals surface area contributed by atoms with Gasteiger partial charge in [0.15, 0.2) is 6.20 Å². The van der Waals surface area contributed by atoms with Gasteiger partial charge in [-0.2, -0.15) is 0 Å². The Morgan fingerprint density at radius 2 is 1.12 bits per heavy atom. The molecule has 0 saturated carbocycles. The van der Waals surface area contributed by atoms with Gasteiger partial charge in [0.05, 0.1) is 0 Å². The second-order valence-corrected chi connectivity index (χ2v) is 9.33. The summed E-state index contributed by atoms with van der Waals surface area (Å²) in [6, 6.07) is 35.3. The molecule has 1 heterocycles. The molecule has 1 heteroatoms. The molecule has 3 aliphatic carbocycles. The molecule has 34 heavy (non-hydrogen) atoms. The minimum atomic E-state index is -1.04. The lowest BCUT2D eigenvalue weighted by Gasteiger charge is -2.42. The number of aromatic nitrogens is 1. The second kappa shape index (κ2) is 7.27. The highest BCUT2D eigenvalue weighted by atomic mass is 14.9. The van der Waals surface area contributed by atoms with Crippen molar-refractivity contribution in [3.8, 4) is 22.4 Å². The monoisotopic (exact) mass is 438 g/mol. The summed E-state index contributed by atoms with van der Waals surface area (Å²) < 4.78 is 21.9. The molecule has 1 nitrogen and oxygen atoms in total. The largest absolute Gasteiger partial charge is 0.213 e. The summed E-state index contributed by atoms with van der Waals surface area (Å²) in [5.74, 6) is -2.06. The normalized spacial score (nSPS) is 22.3. The van der Waals surface area contributed by atoms with Crippen LogP contribution in [0.4, 0.5) is 0 Å². The number of hydrogen-bond acceptors (Lipinski definition) is 0. The summed E-state index contributed by atoms with van der Waals surface area (Å²) in [5.41, 5.74) is 11.3. The molecule has 0 unspecified atom stereocenters. The molecule has 8 rings (SSSR count). The van der Waals surface area contributed by atoms with Crippen molar-refractivity contribution in [2.45, 2.75) is 18.7 Å². The van der Waals surface area contributed by atoms with Gasteiger partial charge in [0, 0.05) is 32.2 Å². The highest BCUT2D eigenvalue weighted by Crippen LogP contribution is 2.56. The Labute approximate surface area is 203 Å². The molecule has 0 N–H and O–H groups in total. The second-order valence-electron chi connectivity index (χ2n) is 9.33. The lowest BCUT2D eigenvalue weighted by atomic mass is 9.61. The Bertz CT molecular complexity index is 1650. The maximum atomic E-state index is 9.95. The number of pyridine rings is 1. The average molecular weight is 439 g/mol. The lowest BCUT2D eigenvalue weighted by Crippen LogP contribution is -2.30. The van der Waals surface area contributed by atoms with Crippen LogP contribution in [-0.2, 0) is 7.05 Å². The molecule has 0 atom stereocenters. The maximum Gasteiger partial charge on any atom is 0.213 e. The predicted molar refractivity (Wildman–Crippen MR) is 138 cm³/mol. The maximum absolute atomic E-state index is 9.95. The third-order valence-corrected chi connectivity index (χ3v) is 7.39. The smallest absolute Gasteiger partial charge is 0.201 e. The topological polar surface area (TPSA) is 3.88 Å². The van der Waals surface area contributed by atoms with E-state index in [1.165, 1.54) is 11.1 Å². The van der Waals surface area contributed by atoms with Gasteiger partial charge in [0.1, 0.15) is 7.05 Å². The molecule has 0 spiro atoms. The number of nitrogens with zero attached hydrogens (tertiary/aromatic N) is 1.